The van der Waals surface area contributed by atoms with Crippen molar-refractivity contribution >= 4 is 41.4 Å². The molecule has 346 valence electrons. The maximum Gasteiger partial charge on any atom is 0.305 e. The van der Waals surface area contributed by atoms with E-state index in [-0.39, 0.29) is 98.3 Å². The summed E-state index contributed by atoms with van der Waals surface area (Å²) in [5.74, 6) is -3.02. The molecule has 0 bridgehead atoms. The third kappa shape index (κ3) is 26.4. The minimum Gasteiger partial charge on any atom is -0.481 e. The van der Waals surface area contributed by atoms with Crippen molar-refractivity contribution in [2.45, 2.75) is 174 Å². The zero-order chi connectivity index (χ0) is 45.9. The second-order valence-corrected chi connectivity index (χ2v) is 17.1. The lowest BCUT2D eigenvalue weighted by Crippen LogP contribution is -2.48. The Hall–Kier alpha value is -4.61. The summed E-state index contributed by atoms with van der Waals surface area (Å²) in [5.41, 5.74) is 18.2. The molecule has 0 unspecified atom stereocenters. The van der Waals surface area contributed by atoms with E-state index < -0.39 is 42.2 Å². The fraction of sp³-hybridized carbons (Fsp3) is 0.705. The number of carbonyl (C=O) groups excluding carboxylic acids is 6. The van der Waals surface area contributed by atoms with Crippen LogP contribution in [0.15, 0.2) is 30.3 Å². The molecular weight excluding hydrogens is 783 g/mol. The number of aliphatic carboxylic acids is 1. The Morgan fingerprint density at radius 3 is 1.41 bits per heavy atom. The predicted molar refractivity (Wildman–Crippen MR) is 236 cm³/mol. The summed E-state index contributed by atoms with van der Waals surface area (Å²) in [6.45, 7) is 12.0. The number of benzene rings is 1. The van der Waals surface area contributed by atoms with Crippen molar-refractivity contribution < 1.29 is 38.7 Å². The van der Waals surface area contributed by atoms with Gasteiger partial charge in [-0.15, -0.1) is 0 Å². The van der Waals surface area contributed by atoms with E-state index in [0.29, 0.717) is 58.0 Å². The molecule has 0 spiro atoms. The molecule has 0 fully saturated rings. The number of nitrogens with two attached hydrogens (primary N) is 3. The predicted octanol–water partition coefficient (Wildman–Crippen LogP) is 1.89. The van der Waals surface area contributed by atoms with Crippen molar-refractivity contribution in [3.05, 3.63) is 35.9 Å². The largest absolute Gasteiger partial charge is 0.481 e. The number of carbonyl (C=O) groups is 7. The molecule has 17 nitrogen and oxygen atoms in total. The van der Waals surface area contributed by atoms with E-state index >= 15 is 0 Å². The summed E-state index contributed by atoms with van der Waals surface area (Å²) >= 11 is 0. The number of carboxylic acids is 1. The van der Waals surface area contributed by atoms with E-state index in [1.165, 1.54) is 0 Å². The quantitative estimate of drug-likeness (QED) is 0.0467. The Labute approximate surface area is 363 Å². The molecule has 0 aromatic heterocycles. The van der Waals surface area contributed by atoms with Crippen molar-refractivity contribution in [2.24, 2.45) is 29.0 Å². The van der Waals surface area contributed by atoms with Gasteiger partial charge in [-0.2, -0.15) is 0 Å². The molecule has 0 aliphatic carbocycles. The van der Waals surface area contributed by atoms with Crippen LogP contribution in [-0.2, 0) is 40.0 Å². The summed E-state index contributed by atoms with van der Waals surface area (Å²) in [6.07, 6.45) is 3.86. The van der Waals surface area contributed by atoms with E-state index in [1.807, 2.05) is 58.0 Å². The van der Waals surface area contributed by atoms with Gasteiger partial charge in [-0.1, -0.05) is 70.9 Å². The second kappa shape index (κ2) is 30.4. The van der Waals surface area contributed by atoms with Gasteiger partial charge in [0, 0.05) is 80.8 Å². The monoisotopic (exact) mass is 860 g/mol. The molecule has 61 heavy (non-hydrogen) atoms. The third-order valence-electron chi connectivity index (χ3n) is 10.4. The van der Waals surface area contributed by atoms with E-state index in [0.717, 1.165) is 5.56 Å². The number of hydrogen-bond donors (Lipinski definition) is 10. The van der Waals surface area contributed by atoms with Crippen molar-refractivity contribution in [2.75, 3.05) is 13.1 Å². The second-order valence-electron chi connectivity index (χ2n) is 17.1. The fourth-order valence-electron chi connectivity index (χ4n) is 6.81. The fourth-order valence-corrected chi connectivity index (χ4v) is 6.81. The highest BCUT2D eigenvalue weighted by Gasteiger charge is 2.26. The molecule has 0 saturated carbocycles. The van der Waals surface area contributed by atoms with Crippen LogP contribution < -0.4 is 49.1 Å². The van der Waals surface area contributed by atoms with Gasteiger partial charge in [0.25, 0.3) is 0 Å². The standard InChI is InChI=1S/C44H77N9O8/c1-28(2)36(47)26-42(58)48-30(5)20-38(54)50-33(16-10-12-18-45)23-40(56)52-35(22-32-14-8-7-9-15-32)24-41(57)53-37(29(3)4)27-43(59)49-31(6)21-39(55)51-34(25-44(60)61)17-11-13-19-46/h7-9,14-15,28-31,33-37H,10-13,16-27,45-47H2,1-6H3,(H,48,58)(H,49,59)(H,50,54)(H,51,55)(H,52,56)(H,53,57)(H,60,61)/t30-,31-,33-,34-,35-,36+,37+/m0/s1. The van der Waals surface area contributed by atoms with Crippen LogP contribution in [0.3, 0.4) is 0 Å². The molecular formula is C44H77N9O8. The first-order valence-corrected chi connectivity index (χ1v) is 22.0. The van der Waals surface area contributed by atoms with Crippen LogP contribution in [0, 0.1) is 11.8 Å². The van der Waals surface area contributed by atoms with Crippen molar-refractivity contribution in [1.29, 1.82) is 0 Å². The van der Waals surface area contributed by atoms with Gasteiger partial charge in [-0.25, -0.2) is 0 Å². The van der Waals surface area contributed by atoms with Crippen LogP contribution in [0.1, 0.15) is 131 Å². The molecule has 13 N–H and O–H groups in total. The zero-order valence-electron chi connectivity index (χ0n) is 37.4. The molecule has 0 aliphatic heterocycles. The van der Waals surface area contributed by atoms with Crippen LogP contribution in [0.2, 0.25) is 0 Å². The maximum absolute atomic E-state index is 13.6. The first kappa shape index (κ1) is 54.4. The van der Waals surface area contributed by atoms with E-state index in [1.54, 1.807) is 13.8 Å². The Bertz CT molecular complexity index is 1500. The Balaban J connectivity index is 2.93. The summed E-state index contributed by atoms with van der Waals surface area (Å²) in [7, 11) is 0. The Morgan fingerprint density at radius 1 is 0.508 bits per heavy atom. The molecule has 0 aliphatic rings. The number of carboxylic acid groups (broad SMARTS) is 1. The number of nitrogens with one attached hydrogen (secondary N) is 6. The van der Waals surface area contributed by atoms with Gasteiger partial charge in [0.05, 0.1) is 6.42 Å². The van der Waals surface area contributed by atoms with E-state index in [9.17, 15) is 38.7 Å². The number of unbranched alkanes of at least 4 members (excludes halogenated alkanes) is 2. The van der Waals surface area contributed by atoms with Gasteiger partial charge < -0.3 is 54.2 Å². The van der Waals surface area contributed by atoms with Crippen molar-refractivity contribution in [3.63, 3.8) is 0 Å². The molecule has 17 heteroatoms. The molecule has 0 radical (unpaired) electrons. The molecule has 1 rings (SSSR count). The lowest BCUT2D eigenvalue weighted by atomic mass is 9.98. The van der Waals surface area contributed by atoms with Gasteiger partial charge in [-0.05, 0) is 76.4 Å². The average Bonchev–Trinajstić information content (AvgIpc) is 3.14. The smallest absolute Gasteiger partial charge is 0.305 e. The first-order valence-electron chi connectivity index (χ1n) is 22.0. The van der Waals surface area contributed by atoms with Gasteiger partial charge in [0.2, 0.25) is 35.4 Å². The van der Waals surface area contributed by atoms with Crippen LogP contribution in [-0.4, -0.2) is 102 Å². The highest BCUT2D eigenvalue weighted by molar-refractivity contribution is 5.84. The van der Waals surface area contributed by atoms with Gasteiger partial charge in [-0.3, -0.25) is 33.6 Å². The number of amides is 6. The first-order chi connectivity index (χ1) is 28.8. The topological polar surface area (TPSA) is 290 Å². The van der Waals surface area contributed by atoms with Crippen molar-refractivity contribution in [3.8, 4) is 0 Å². The third-order valence-corrected chi connectivity index (χ3v) is 10.4. The normalized spacial score (nSPS) is 14.7. The number of rotatable bonds is 32. The SMILES string of the molecule is CC(C)[C@H](N)CC(=O)N[C@@H](C)CC(=O)N[C@@H](CCCCN)CC(=O)N[C@H](CC(=O)N[C@H](CC(=O)N[C@@H](C)CC(=O)N[C@@H](CCCCN)CC(=O)O)C(C)C)Cc1ccccc1. The molecule has 1 aromatic carbocycles. The molecule has 6 amide bonds. The highest BCUT2D eigenvalue weighted by Crippen LogP contribution is 2.13. The van der Waals surface area contributed by atoms with Gasteiger partial charge in [0.15, 0.2) is 0 Å². The molecule has 0 saturated heterocycles. The van der Waals surface area contributed by atoms with Crippen LogP contribution in [0.5, 0.6) is 0 Å². The maximum atomic E-state index is 13.6. The molecule has 1 aromatic rings. The average molecular weight is 860 g/mol. The van der Waals surface area contributed by atoms with Crippen LogP contribution in [0.25, 0.3) is 0 Å². The van der Waals surface area contributed by atoms with Crippen LogP contribution >= 0.6 is 0 Å². The van der Waals surface area contributed by atoms with Crippen molar-refractivity contribution in [1.82, 2.24) is 31.9 Å². The zero-order valence-corrected chi connectivity index (χ0v) is 37.4. The Morgan fingerprint density at radius 2 is 0.934 bits per heavy atom. The molecule has 0 heterocycles. The van der Waals surface area contributed by atoms with E-state index in [2.05, 4.69) is 31.9 Å². The minimum absolute atomic E-state index is 0.0166. The molecule has 7 atom stereocenters. The summed E-state index contributed by atoms with van der Waals surface area (Å²) in [4.78, 5) is 89.8. The summed E-state index contributed by atoms with van der Waals surface area (Å²) < 4.78 is 0. The Kier molecular flexibility index (Phi) is 27.1. The van der Waals surface area contributed by atoms with Crippen LogP contribution in [0.4, 0.5) is 0 Å². The lowest BCUT2D eigenvalue weighted by Gasteiger charge is -2.26. The summed E-state index contributed by atoms with van der Waals surface area (Å²) in [5, 5.41) is 26.6. The van der Waals surface area contributed by atoms with Gasteiger partial charge >= 0.3 is 5.97 Å². The van der Waals surface area contributed by atoms with Gasteiger partial charge in [0.1, 0.15) is 0 Å². The number of hydrogen-bond acceptors (Lipinski definition) is 10. The summed E-state index contributed by atoms with van der Waals surface area (Å²) in [6, 6.07) is 5.92. The lowest BCUT2D eigenvalue weighted by molar-refractivity contribution is -0.138. The highest BCUT2D eigenvalue weighted by atomic mass is 16.4. The van der Waals surface area contributed by atoms with E-state index in [4.69, 9.17) is 17.2 Å². The minimum atomic E-state index is -1.02.